The third-order valence-electron chi connectivity index (χ3n) is 11.3. The number of nitrogens with zero attached hydrogens (tertiary/aromatic N) is 3. The van der Waals surface area contributed by atoms with Crippen LogP contribution in [-0.2, 0) is 50.1 Å². The molecule has 0 bridgehead atoms. The maximum Gasteiger partial charge on any atom is 0.261 e. The van der Waals surface area contributed by atoms with Crippen molar-refractivity contribution in [2.24, 2.45) is 0 Å². The number of fused-ring (bicyclic) bond motifs is 8. The Kier molecular flexibility index (Phi) is 10.5. The van der Waals surface area contributed by atoms with Crippen molar-refractivity contribution in [1.82, 2.24) is 19.3 Å². The van der Waals surface area contributed by atoms with Crippen LogP contribution in [0.5, 0.6) is 0 Å². The van der Waals surface area contributed by atoms with Crippen molar-refractivity contribution < 1.29 is 33.3 Å². The van der Waals surface area contributed by atoms with Crippen molar-refractivity contribution in [3.63, 3.8) is 0 Å². The van der Waals surface area contributed by atoms with Crippen LogP contribution >= 0.6 is 0 Å². The van der Waals surface area contributed by atoms with E-state index in [0.29, 0.717) is 40.9 Å². The van der Waals surface area contributed by atoms with E-state index in [9.17, 15) is 9.59 Å². The highest BCUT2D eigenvalue weighted by molar-refractivity contribution is 6.32. The number of para-hydroxylation sites is 1. The van der Waals surface area contributed by atoms with Crippen molar-refractivity contribution in [2.75, 3.05) is 6.61 Å². The molecule has 0 radical (unpaired) electrons. The molecule has 2 amide bonds. The van der Waals surface area contributed by atoms with E-state index in [1.807, 2.05) is 150 Å². The molecule has 5 unspecified atom stereocenters. The molecule has 1 fully saturated rings. The fourth-order valence-corrected chi connectivity index (χ4v) is 8.55. The summed E-state index contributed by atoms with van der Waals surface area (Å²) in [5.41, 5.74) is 6.49. The Hall–Kier alpha value is -6.47. The Balaban J connectivity index is 1.16. The van der Waals surface area contributed by atoms with E-state index in [1.54, 1.807) is 12.5 Å². The predicted octanol–water partition coefficient (Wildman–Crippen LogP) is 8.20. The molecule has 1 saturated heterocycles. The lowest BCUT2D eigenvalue weighted by Gasteiger charge is -2.47. The lowest BCUT2D eigenvalue weighted by atomic mass is 9.96. The number of carbonyl (C=O) groups is 2. The zero-order valence-corrected chi connectivity index (χ0v) is 32.6. The molecule has 0 spiro atoms. The van der Waals surface area contributed by atoms with Crippen LogP contribution in [-0.4, -0.2) is 56.8 Å². The summed E-state index contributed by atoms with van der Waals surface area (Å²) in [6.45, 7) is 1.36. The summed E-state index contributed by atoms with van der Waals surface area (Å²) in [6, 6.07) is 47.9. The molecule has 0 aliphatic carbocycles. The van der Waals surface area contributed by atoms with Gasteiger partial charge in [-0.1, -0.05) is 140 Å². The molecule has 3 aromatic heterocycles. The molecule has 300 valence electrons. The van der Waals surface area contributed by atoms with Gasteiger partial charge in [0.15, 0.2) is 6.23 Å². The molecular weight excluding hydrogens is 757 g/mol. The Morgan fingerprint density at radius 2 is 1.08 bits per heavy atom. The zero-order chi connectivity index (χ0) is 40.4. The summed E-state index contributed by atoms with van der Waals surface area (Å²) in [7, 11) is 0. The number of nitrogens with one attached hydrogen (secondary N) is 1. The van der Waals surface area contributed by atoms with E-state index < -0.39 is 42.5 Å². The second kappa shape index (κ2) is 16.6. The van der Waals surface area contributed by atoms with Gasteiger partial charge in [0.2, 0.25) is 0 Å². The molecular formula is C49H42N4O7. The number of carbonyl (C=O) groups excluding carboxylic acids is 2. The molecule has 8 aromatic rings. The number of imide groups is 1. The normalized spacial score (nSPS) is 20.2. The van der Waals surface area contributed by atoms with Gasteiger partial charge in [0.05, 0.1) is 61.4 Å². The minimum Gasteiger partial charge on any atom is -0.374 e. The summed E-state index contributed by atoms with van der Waals surface area (Å²) in [6.07, 6.45) is -0.367. The van der Waals surface area contributed by atoms with E-state index in [2.05, 4.69) is 14.9 Å². The number of ether oxygens (including phenoxy) is 5. The van der Waals surface area contributed by atoms with Gasteiger partial charge in [0.1, 0.15) is 36.4 Å². The van der Waals surface area contributed by atoms with Crippen molar-refractivity contribution in [2.45, 2.75) is 57.1 Å². The number of rotatable bonds is 14. The van der Waals surface area contributed by atoms with Crippen LogP contribution in [0, 0.1) is 0 Å². The van der Waals surface area contributed by atoms with Crippen LogP contribution in [0.3, 0.4) is 0 Å². The Morgan fingerprint density at radius 1 is 0.567 bits per heavy atom. The Labute approximate surface area is 346 Å². The Morgan fingerprint density at radius 3 is 1.70 bits per heavy atom. The second-order valence-corrected chi connectivity index (χ2v) is 15.1. The maximum absolute atomic E-state index is 13.7. The van der Waals surface area contributed by atoms with E-state index in [1.165, 1.54) is 0 Å². The van der Waals surface area contributed by atoms with Crippen LogP contribution in [0.4, 0.5) is 0 Å². The van der Waals surface area contributed by atoms with Gasteiger partial charge < -0.3 is 23.7 Å². The van der Waals surface area contributed by atoms with Gasteiger partial charge in [-0.25, -0.2) is 4.98 Å². The third kappa shape index (κ3) is 7.16. The number of hydrogen-bond donors (Lipinski definition) is 1. The summed E-state index contributed by atoms with van der Waals surface area (Å²) in [5.74, 6) is -0.917. The van der Waals surface area contributed by atoms with E-state index in [0.717, 1.165) is 33.2 Å². The van der Waals surface area contributed by atoms with Crippen LogP contribution in [0.15, 0.2) is 158 Å². The van der Waals surface area contributed by atoms with Crippen molar-refractivity contribution >= 4 is 39.3 Å². The second-order valence-electron chi connectivity index (χ2n) is 15.1. The van der Waals surface area contributed by atoms with Crippen molar-refractivity contribution in [1.29, 1.82) is 0 Å². The predicted molar refractivity (Wildman–Crippen MR) is 225 cm³/mol. The topological polar surface area (TPSA) is 115 Å². The molecule has 5 heterocycles. The molecule has 11 heteroatoms. The number of amides is 2. The number of aromatic nitrogens is 3. The average Bonchev–Trinajstić information content (AvgIpc) is 3.99. The standard InChI is InChI=1S/C49H42N4O7/c54-46-41-38-25-50-31-52(38)48-40(42(41)47(55)51-46)36-23-13-14-24-37(36)53(48)49-45(59-29-35-21-11-4-12-22-35)44(58-28-34-19-9-3-10-20-34)43(57-27-33-17-7-2-8-18-33)39(60-49)30-56-26-32-15-5-1-6-16-32/h1-25,31,39,43-45,49H,26-30H2,(H,51,54,55). The van der Waals surface area contributed by atoms with Gasteiger partial charge in [-0.15, -0.1) is 0 Å². The van der Waals surface area contributed by atoms with Gasteiger partial charge in [0, 0.05) is 10.8 Å². The highest BCUT2D eigenvalue weighted by Gasteiger charge is 2.50. The fourth-order valence-electron chi connectivity index (χ4n) is 8.55. The Bertz CT molecular complexity index is 2780. The van der Waals surface area contributed by atoms with E-state index in [4.69, 9.17) is 23.7 Å². The quantitative estimate of drug-likeness (QED) is 0.110. The summed E-state index contributed by atoms with van der Waals surface area (Å²) in [5, 5.41) is 3.92. The largest absolute Gasteiger partial charge is 0.374 e. The van der Waals surface area contributed by atoms with Crippen LogP contribution in [0.25, 0.3) is 27.5 Å². The SMILES string of the molecule is O=C1NC(=O)c2c1c1c3ccccc3n(C3OC(COCc4ccccc4)C(OCc4ccccc4)C(OCc4ccccc4)C3OCc3ccccc3)c1n1cncc21. The van der Waals surface area contributed by atoms with Crippen LogP contribution < -0.4 is 5.32 Å². The first-order valence-electron chi connectivity index (χ1n) is 20.1. The summed E-state index contributed by atoms with van der Waals surface area (Å²) in [4.78, 5) is 31.6. The molecule has 0 saturated carbocycles. The first-order chi connectivity index (χ1) is 29.6. The molecule has 60 heavy (non-hydrogen) atoms. The highest BCUT2D eigenvalue weighted by atomic mass is 16.6. The van der Waals surface area contributed by atoms with Crippen LogP contribution in [0.1, 0.15) is 49.2 Å². The monoisotopic (exact) mass is 798 g/mol. The first-order valence-corrected chi connectivity index (χ1v) is 20.1. The molecule has 1 N–H and O–H groups in total. The van der Waals surface area contributed by atoms with Gasteiger partial charge in [0.25, 0.3) is 11.8 Å². The summed E-state index contributed by atoms with van der Waals surface area (Å²) < 4.78 is 38.9. The minimum atomic E-state index is -0.859. The van der Waals surface area contributed by atoms with Gasteiger partial charge in [-0.3, -0.25) is 23.9 Å². The van der Waals surface area contributed by atoms with Crippen LogP contribution in [0.2, 0.25) is 0 Å². The molecule has 2 aliphatic rings. The molecule has 11 nitrogen and oxygen atoms in total. The van der Waals surface area contributed by atoms with Crippen molar-refractivity contribution in [3.05, 3.63) is 191 Å². The molecule has 5 atom stereocenters. The van der Waals surface area contributed by atoms with Crippen molar-refractivity contribution in [3.8, 4) is 0 Å². The fraction of sp³-hybridized carbons (Fsp3) is 0.204. The van der Waals surface area contributed by atoms with Gasteiger partial charge >= 0.3 is 0 Å². The summed E-state index contributed by atoms with van der Waals surface area (Å²) >= 11 is 0. The van der Waals surface area contributed by atoms with Gasteiger partial charge in [-0.2, -0.15) is 0 Å². The molecule has 5 aromatic carbocycles. The van der Waals surface area contributed by atoms with Gasteiger partial charge in [-0.05, 0) is 28.3 Å². The smallest absolute Gasteiger partial charge is 0.261 e. The first kappa shape index (κ1) is 37.8. The highest BCUT2D eigenvalue weighted by Crippen LogP contribution is 2.43. The van der Waals surface area contributed by atoms with E-state index >= 15 is 0 Å². The maximum atomic E-state index is 13.7. The lowest BCUT2D eigenvalue weighted by Crippen LogP contribution is -2.59. The molecule has 10 rings (SSSR count). The number of pyridine rings is 1. The number of benzene rings is 5. The van der Waals surface area contributed by atoms with E-state index in [-0.39, 0.29) is 19.8 Å². The average molecular weight is 799 g/mol. The third-order valence-corrected chi connectivity index (χ3v) is 11.3. The minimum absolute atomic E-state index is 0.172. The zero-order valence-electron chi connectivity index (χ0n) is 32.6. The lowest BCUT2D eigenvalue weighted by molar-refractivity contribution is -0.288. The molecule has 2 aliphatic heterocycles. The number of hydrogen-bond acceptors (Lipinski definition) is 8. The number of imidazole rings is 1.